The highest BCUT2D eigenvalue weighted by molar-refractivity contribution is 5.87. The lowest BCUT2D eigenvalue weighted by molar-refractivity contribution is 0.0481. The lowest BCUT2D eigenvalue weighted by atomic mass is 10.4. The first-order chi connectivity index (χ1) is 6.69. The van der Waals surface area contributed by atoms with Crippen molar-refractivity contribution >= 4 is 5.97 Å². The number of hydrogen-bond acceptors (Lipinski definition) is 5. The molecule has 0 bridgehead atoms. The first-order valence-corrected chi connectivity index (χ1v) is 4.46. The summed E-state index contributed by atoms with van der Waals surface area (Å²) in [4.78, 5) is 15.2. The number of ether oxygens (including phenoxy) is 2. The third kappa shape index (κ3) is 2.25. The first kappa shape index (κ1) is 10.6. The van der Waals surface area contributed by atoms with Crippen LogP contribution in [-0.4, -0.2) is 24.2 Å². The predicted octanol–water partition coefficient (Wildman–Crippen LogP) is 1.56. The van der Waals surface area contributed by atoms with Gasteiger partial charge in [-0.15, -0.1) is 0 Å². The highest BCUT2D eigenvalue weighted by atomic mass is 16.6. The number of hydrogen-bond donors (Lipinski definition) is 0. The monoisotopic (exact) mass is 199 g/mol. The normalized spacial score (nSPS) is 9.93. The molecule has 0 aliphatic carbocycles. The molecule has 0 amide bonds. The van der Waals surface area contributed by atoms with Crippen LogP contribution in [0.3, 0.4) is 0 Å². The van der Waals surface area contributed by atoms with Crippen molar-refractivity contribution in [1.29, 1.82) is 0 Å². The van der Waals surface area contributed by atoms with E-state index in [0.29, 0.717) is 18.9 Å². The minimum atomic E-state index is -0.511. The summed E-state index contributed by atoms with van der Waals surface area (Å²) in [5.41, 5.74) is 0.479. The summed E-state index contributed by atoms with van der Waals surface area (Å²) >= 11 is 0. The topological polar surface area (TPSA) is 61.6 Å². The van der Waals surface area contributed by atoms with Crippen LogP contribution in [0.4, 0.5) is 0 Å². The van der Waals surface area contributed by atoms with Gasteiger partial charge in [-0.05, 0) is 20.8 Å². The van der Waals surface area contributed by atoms with Crippen LogP contribution in [0.1, 0.15) is 30.1 Å². The van der Waals surface area contributed by atoms with Crippen LogP contribution >= 0.6 is 0 Å². The fraction of sp³-hybridized carbons (Fsp3) is 0.556. The number of oxazole rings is 1. The molecule has 1 rings (SSSR count). The summed E-state index contributed by atoms with van der Waals surface area (Å²) in [6, 6.07) is 0. The van der Waals surface area contributed by atoms with Crippen molar-refractivity contribution in [2.45, 2.75) is 20.8 Å². The zero-order valence-electron chi connectivity index (χ0n) is 8.49. The molecule has 1 aromatic rings. The summed E-state index contributed by atoms with van der Waals surface area (Å²) in [7, 11) is 0. The van der Waals surface area contributed by atoms with Gasteiger partial charge in [-0.1, -0.05) is 0 Å². The summed E-state index contributed by atoms with van der Waals surface area (Å²) < 4.78 is 14.8. The molecule has 0 atom stereocenters. The van der Waals surface area contributed by atoms with E-state index in [2.05, 4.69) is 4.98 Å². The predicted molar refractivity (Wildman–Crippen MR) is 48.4 cm³/mol. The third-order valence-electron chi connectivity index (χ3n) is 1.51. The van der Waals surface area contributed by atoms with E-state index in [1.807, 2.05) is 6.92 Å². The smallest absolute Gasteiger partial charge is 0.394 e. The van der Waals surface area contributed by atoms with E-state index in [9.17, 15) is 4.79 Å². The molecule has 0 spiro atoms. The van der Waals surface area contributed by atoms with Gasteiger partial charge < -0.3 is 13.9 Å². The quantitative estimate of drug-likeness (QED) is 0.688. The molecule has 0 unspecified atom stereocenters. The van der Waals surface area contributed by atoms with Gasteiger partial charge in [0, 0.05) is 0 Å². The van der Waals surface area contributed by atoms with Crippen molar-refractivity contribution in [3.05, 3.63) is 11.5 Å². The number of carbonyl (C=O) groups excluding carboxylic acids is 1. The highest BCUT2D eigenvalue weighted by Crippen LogP contribution is 2.17. The van der Waals surface area contributed by atoms with Crippen LogP contribution in [0.15, 0.2) is 4.42 Å². The number of rotatable bonds is 4. The Bertz CT molecular complexity index is 319. The van der Waals surface area contributed by atoms with Crippen molar-refractivity contribution in [1.82, 2.24) is 4.98 Å². The number of carbonyl (C=O) groups is 1. The van der Waals surface area contributed by atoms with E-state index in [4.69, 9.17) is 13.9 Å². The molecule has 0 radical (unpaired) electrons. The van der Waals surface area contributed by atoms with Gasteiger partial charge in [-0.25, -0.2) is 4.79 Å². The molecule has 78 valence electrons. The SMILES string of the molecule is CCOC(=O)c1oc(OCC)nc1C. The average molecular weight is 199 g/mol. The van der Waals surface area contributed by atoms with Gasteiger partial charge in [0.15, 0.2) is 0 Å². The Morgan fingerprint density at radius 1 is 1.43 bits per heavy atom. The summed E-state index contributed by atoms with van der Waals surface area (Å²) in [6.45, 7) is 5.96. The Balaban J connectivity index is 2.81. The van der Waals surface area contributed by atoms with Gasteiger partial charge in [-0.3, -0.25) is 0 Å². The van der Waals surface area contributed by atoms with Crippen LogP contribution in [0.2, 0.25) is 0 Å². The molecular formula is C9H13NO4. The molecule has 0 aliphatic heterocycles. The molecule has 0 N–H and O–H groups in total. The fourth-order valence-corrected chi connectivity index (χ4v) is 0.943. The van der Waals surface area contributed by atoms with Gasteiger partial charge in [0.05, 0.1) is 18.9 Å². The molecule has 5 nitrogen and oxygen atoms in total. The molecule has 0 saturated heterocycles. The van der Waals surface area contributed by atoms with Crippen LogP contribution < -0.4 is 4.74 Å². The Labute approximate surface area is 82.0 Å². The minimum absolute atomic E-state index is 0.105. The fourth-order valence-electron chi connectivity index (χ4n) is 0.943. The number of aryl methyl sites for hydroxylation is 1. The highest BCUT2D eigenvalue weighted by Gasteiger charge is 2.18. The van der Waals surface area contributed by atoms with Gasteiger partial charge in [0.25, 0.3) is 0 Å². The van der Waals surface area contributed by atoms with Gasteiger partial charge in [0.1, 0.15) is 0 Å². The van der Waals surface area contributed by atoms with E-state index in [1.54, 1.807) is 13.8 Å². The van der Waals surface area contributed by atoms with E-state index >= 15 is 0 Å². The van der Waals surface area contributed by atoms with Crippen molar-refractivity contribution in [2.75, 3.05) is 13.2 Å². The molecule has 1 aromatic heterocycles. The Kier molecular flexibility index (Phi) is 3.50. The Hall–Kier alpha value is -1.52. The van der Waals surface area contributed by atoms with Gasteiger partial charge in [-0.2, -0.15) is 4.98 Å². The van der Waals surface area contributed by atoms with Crippen molar-refractivity contribution in [3.63, 3.8) is 0 Å². The lowest BCUT2D eigenvalue weighted by Gasteiger charge is -1.97. The molecule has 0 aromatic carbocycles. The van der Waals surface area contributed by atoms with Crippen LogP contribution in [0.5, 0.6) is 6.08 Å². The van der Waals surface area contributed by atoms with Crippen LogP contribution in [0.25, 0.3) is 0 Å². The lowest BCUT2D eigenvalue weighted by Crippen LogP contribution is -2.04. The Morgan fingerprint density at radius 2 is 2.14 bits per heavy atom. The van der Waals surface area contributed by atoms with Crippen LogP contribution in [-0.2, 0) is 4.74 Å². The molecule has 1 heterocycles. The maximum absolute atomic E-state index is 11.3. The van der Waals surface area contributed by atoms with E-state index < -0.39 is 5.97 Å². The van der Waals surface area contributed by atoms with E-state index in [-0.39, 0.29) is 11.8 Å². The zero-order chi connectivity index (χ0) is 10.6. The maximum atomic E-state index is 11.3. The first-order valence-electron chi connectivity index (χ1n) is 4.46. The third-order valence-corrected chi connectivity index (χ3v) is 1.51. The average Bonchev–Trinajstić information content (AvgIpc) is 2.48. The van der Waals surface area contributed by atoms with Crippen LogP contribution in [0, 0.1) is 6.92 Å². The van der Waals surface area contributed by atoms with E-state index in [0.717, 1.165) is 0 Å². The Morgan fingerprint density at radius 3 is 2.71 bits per heavy atom. The molecule has 14 heavy (non-hydrogen) atoms. The molecule has 0 saturated carbocycles. The van der Waals surface area contributed by atoms with Crippen molar-refractivity contribution < 1.29 is 18.7 Å². The van der Waals surface area contributed by atoms with Gasteiger partial charge in [0.2, 0.25) is 5.76 Å². The zero-order valence-corrected chi connectivity index (χ0v) is 8.49. The molecule has 0 aliphatic rings. The second-order valence-electron chi connectivity index (χ2n) is 2.55. The number of aromatic nitrogens is 1. The van der Waals surface area contributed by atoms with Crippen molar-refractivity contribution in [3.8, 4) is 6.08 Å². The van der Waals surface area contributed by atoms with Crippen molar-refractivity contribution in [2.24, 2.45) is 0 Å². The summed E-state index contributed by atoms with van der Waals surface area (Å²) in [6.07, 6.45) is 0.105. The largest absolute Gasteiger partial charge is 0.460 e. The molecule has 5 heteroatoms. The maximum Gasteiger partial charge on any atom is 0.394 e. The molecular weight excluding hydrogens is 186 g/mol. The van der Waals surface area contributed by atoms with E-state index in [1.165, 1.54) is 0 Å². The number of esters is 1. The summed E-state index contributed by atoms with van der Waals surface area (Å²) in [5, 5.41) is 0. The van der Waals surface area contributed by atoms with Gasteiger partial charge >= 0.3 is 12.0 Å². The molecule has 0 fully saturated rings. The standard InChI is InChI=1S/C9H13NO4/c1-4-12-8(11)7-6(3)10-9(14-7)13-5-2/h4-5H2,1-3H3. The number of nitrogens with zero attached hydrogens (tertiary/aromatic N) is 1. The summed E-state index contributed by atoms with van der Waals surface area (Å²) in [5.74, 6) is -0.404. The second kappa shape index (κ2) is 4.64. The minimum Gasteiger partial charge on any atom is -0.460 e. The second-order valence-corrected chi connectivity index (χ2v) is 2.55.